The van der Waals surface area contributed by atoms with E-state index < -0.39 is 20.0 Å². The lowest BCUT2D eigenvalue weighted by atomic mass is 10.2. The van der Waals surface area contributed by atoms with Crippen molar-refractivity contribution in [1.82, 2.24) is 9.29 Å². The van der Waals surface area contributed by atoms with E-state index >= 15 is 0 Å². The van der Waals surface area contributed by atoms with Crippen molar-refractivity contribution in [3.63, 3.8) is 0 Å². The maximum atomic E-state index is 12.7. The van der Waals surface area contributed by atoms with E-state index in [4.69, 9.17) is 0 Å². The maximum absolute atomic E-state index is 12.7. The number of nitrogens with zero attached hydrogens (tertiary/aromatic N) is 1. The number of aromatic nitrogens is 1. The summed E-state index contributed by atoms with van der Waals surface area (Å²) < 4.78 is 54.7. The summed E-state index contributed by atoms with van der Waals surface area (Å²) in [5.41, 5.74) is 1.35. The van der Waals surface area contributed by atoms with Crippen LogP contribution in [0.15, 0.2) is 64.5 Å². The molecular formula is C19H21N3O4S2. The van der Waals surface area contributed by atoms with Crippen molar-refractivity contribution in [3.05, 3.63) is 54.7 Å². The minimum Gasteiger partial charge on any atom is -0.361 e. The molecule has 28 heavy (non-hydrogen) atoms. The van der Waals surface area contributed by atoms with Crippen LogP contribution in [-0.2, 0) is 20.0 Å². The summed E-state index contributed by atoms with van der Waals surface area (Å²) in [5.74, 6) is 0. The Hall–Kier alpha value is -2.36. The molecule has 0 aliphatic carbocycles. The summed E-state index contributed by atoms with van der Waals surface area (Å²) in [4.78, 5) is 3.18. The fourth-order valence-electron chi connectivity index (χ4n) is 3.38. The van der Waals surface area contributed by atoms with Crippen LogP contribution in [0.3, 0.4) is 0 Å². The maximum Gasteiger partial charge on any atom is 0.261 e. The van der Waals surface area contributed by atoms with Gasteiger partial charge in [-0.05, 0) is 61.4 Å². The van der Waals surface area contributed by atoms with Gasteiger partial charge in [0.1, 0.15) is 0 Å². The molecule has 0 spiro atoms. The minimum atomic E-state index is -3.82. The molecule has 2 heterocycles. The van der Waals surface area contributed by atoms with Crippen molar-refractivity contribution in [1.29, 1.82) is 0 Å². The number of aromatic amines is 1. The van der Waals surface area contributed by atoms with Gasteiger partial charge in [0.15, 0.2) is 0 Å². The molecule has 1 saturated heterocycles. The molecule has 0 radical (unpaired) electrons. The number of H-pyrrole nitrogens is 1. The minimum absolute atomic E-state index is 0.0132. The molecule has 3 aromatic rings. The highest BCUT2D eigenvalue weighted by Crippen LogP contribution is 2.24. The second-order valence-electron chi connectivity index (χ2n) is 6.82. The first-order valence-corrected chi connectivity index (χ1v) is 12.0. The van der Waals surface area contributed by atoms with Crippen molar-refractivity contribution < 1.29 is 16.8 Å². The number of nitrogens with one attached hydrogen (secondary N) is 2. The first kappa shape index (κ1) is 19.0. The van der Waals surface area contributed by atoms with E-state index in [1.807, 2.05) is 6.07 Å². The smallest absolute Gasteiger partial charge is 0.261 e. The van der Waals surface area contributed by atoms with Gasteiger partial charge in [0.2, 0.25) is 10.0 Å². The van der Waals surface area contributed by atoms with Crippen LogP contribution in [0.5, 0.6) is 0 Å². The van der Waals surface area contributed by atoms with Gasteiger partial charge in [0.05, 0.1) is 9.79 Å². The normalized spacial score (nSPS) is 16.3. The zero-order valence-corrected chi connectivity index (χ0v) is 16.8. The molecule has 0 saturated carbocycles. The molecule has 1 aliphatic heterocycles. The third-order valence-corrected chi connectivity index (χ3v) is 8.20. The molecule has 9 heteroatoms. The number of hydrogen-bond acceptors (Lipinski definition) is 4. The number of benzene rings is 2. The van der Waals surface area contributed by atoms with E-state index in [9.17, 15) is 16.8 Å². The van der Waals surface area contributed by atoms with Crippen molar-refractivity contribution >= 4 is 36.6 Å². The SMILES string of the molecule is O=S(=O)(Nc1ccc2[nH]ccc2c1)c1ccc(S(=O)(=O)N2CCCCC2)cc1. The first-order valence-electron chi connectivity index (χ1n) is 9.06. The van der Waals surface area contributed by atoms with Gasteiger partial charge in [-0.2, -0.15) is 4.31 Å². The Bertz CT molecular complexity index is 1190. The number of fused-ring (bicyclic) bond motifs is 1. The molecule has 148 valence electrons. The van der Waals surface area contributed by atoms with Crippen molar-refractivity contribution in [2.24, 2.45) is 0 Å². The van der Waals surface area contributed by atoms with E-state index in [1.165, 1.54) is 28.6 Å². The van der Waals surface area contributed by atoms with Crippen molar-refractivity contribution in [3.8, 4) is 0 Å². The van der Waals surface area contributed by atoms with Crippen LogP contribution in [0, 0.1) is 0 Å². The molecule has 1 fully saturated rings. The van der Waals surface area contributed by atoms with E-state index in [0.717, 1.165) is 30.2 Å². The molecule has 1 aliphatic rings. The van der Waals surface area contributed by atoms with Crippen LogP contribution in [0.4, 0.5) is 5.69 Å². The monoisotopic (exact) mass is 419 g/mol. The van der Waals surface area contributed by atoms with E-state index in [1.54, 1.807) is 24.4 Å². The zero-order valence-electron chi connectivity index (χ0n) is 15.1. The average Bonchev–Trinajstić information content (AvgIpc) is 3.16. The van der Waals surface area contributed by atoms with Gasteiger partial charge >= 0.3 is 0 Å². The van der Waals surface area contributed by atoms with Crippen LogP contribution in [0.1, 0.15) is 19.3 Å². The van der Waals surface area contributed by atoms with Crippen molar-refractivity contribution in [2.75, 3.05) is 17.8 Å². The average molecular weight is 420 g/mol. The topological polar surface area (TPSA) is 99.3 Å². The van der Waals surface area contributed by atoms with Gasteiger partial charge in [-0.1, -0.05) is 6.42 Å². The van der Waals surface area contributed by atoms with E-state index in [0.29, 0.717) is 18.8 Å². The lowest BCUT2D eigenvalue weighted by Crippen LogP contribution is -2.35. The highest BCUT2D eigenvalue weighted by molar-refractivity contribution is 7.92. The third-order valence-electron chi connectivity index (χ3n) is 4.89. The lowest BCUT2D eigenvalue weighted by molar-refractivity contribution is 0.346. The Kier molecular flexibility index (Phi) is 4.90. The van der Waals surface area contributed by atoms with E-state index in [2.05, 4.69) is 9.71 Å². The molecule has 7 nitrogen and oxygen atoms in total. The molecule has 0 amide bonds. The van der Waals surface area contributed by atoms with Gasteiger partial charge in [0.25, 0.3) is 10.0 Å². The highest BCUT2D eigenvalue weighted by atomic mass is 32.2. The standard InChI is InChI=1S/C19H21N3O4S2/c23-27(24,21-16-4-9-19-15(14-16)10-11-20-19)17-5-7-18(8-6-17)28(25,26)22-12-2-1-3-13-22/h4-11,14,20-21H,1-3,12-13H2. The second-order valence-corrected chi connectivity index (χ2v) is 10.4. The fourth-order valence-corrected chi connectivity index (χ4v) is 5.94. The fraction of sp³-hybridized carbons (Fsp3) is 0.263. The molecule has 1 aromatic heterocycles. The summed E-state index contributed by atoms with van der Waals surface area (Å²) >= 11 is 0. The number of anilines is 1. The summed E-state index contributed by atoms with van der Waals surface area (Å²) in [6.07, 6.45) is 4.51. The number of piperidine rings is 1. The summed E-state index contributed by atoms with van der Waals surface area (Å²) in [6.45, 7) is 1.01. The summed E-state index contributed by atoms with van der Waals surface area (Å²) in [6, 6.07) is 12.4. The van der Waals surface area contributed by atoms with Crippen LogP contribution in [0.25, 0.3) is 10.9 Å². The Morgan fingerprint density at radius 3 is 2.21 bits per heavy atom. The Morgan fingerprint density at radius 2 is 1.50 bits per heavy atom. The molecule has 2 N–H and O–H groups in total. The Balaban J connectivity index is 1.56. The molecule has 0 unspecified atom stereocenters. The molecule has 2 aromatic carbocycles. The highest BCUT2D eigenvalue weighted by Gasteiger charge is 2.26. The van der Waals surface area contributed by atoms with Crippen LogP contribution in [-0.4, -0.2) is 39.2 Å². The first-order chi connectivity index (χ1) is 13.4. The Morgan fingerprint density at radius 1 is 0.821 bits per heavy atom. The van der Waals surface area contributed by atoms with Gasteiger partial charge in [-0.25, -0.2) is 16.8 Å². The van der Waals surface area contributed by atoms with Crippen molar-refractivity contribution in [2.45, 2.75) is 29.1 Å². The molecule has 0 bridgehead atoms. The van der Waals surface area contributed by atoms with Gasteiger partial charge in [-0.15, -0.1) is 0 Å². The second kappa shape index (κ2) is 7.23. The summed E-state index contributed by atoms with van der Waals surface area (Å²) in [5, 5.41) is 0.892. The Labute approximate surface area is 164 Å². The summed E-state index contributed by atoms with van der Waals surface area (Å²) in [7, 11) is -7.41. The lowest BCUT2D eigenvalue weighted by Gasteiger charge is -2.25. The van der Waals surface area contributed by atoms with Crippen LogP contribution < -0.4 is 4.72 Å². The van der Waals surface area contributed by atoms with Gasteiger partial charge in [-0.3, -0.25) is 4.72 Å². The predicted molar refractivity (Wildman–Crippen MR) is 108 cm³/mol. The van der Waals surface area contributed by atoms with Gasteiger partial charge < -0.3 is 4.98 Å². The third kappa shape index (κ3) is 3.65. The zero-order chi connectivity index (χ0) is 19.8. The largest absolute Gasteiger partial charge is 0.361 e. The predicted octanol–water partition coefficient (Wildman–Crippen LogP) is 3.14. The molecule has 4 rings (SSSR count). The van der Waals surface area contributed by atoms with Gasteiger partial charge in [0, 0.05) is 35.9 Å². The molecule has 0 atom stereocenters. The molecular weight excluding hydrogens is 398 g/mol. The van der Waals surface area contributed by atoms with E-state index in [-0.39, 0.29) is 9.79 Å². The number of rotatable bonds is 5. The van der Waals surface area contributed by atoms with Crippen LogP contribution in [0.2, 0.25) is 0 Å². The van der Waals surface area contributed by atoms with Crippen LogP contribution >= 0.6 is 0 Å². The quantitative estimate of drug-likeness (QED) is 0.664. The number of hydrogen-bond donors (Lipinski definition) is 2. The number of sulfonamides is 2.